The average Bonchev–Trinajstić information content (AvgIpc) is 3.05. The van der Waals surface area contributed by atoms with Crippen LogP contribution in [-0.2, 0) is 11.4 Å². The summed E-state index contributed by atoms with van der Waals surface area (Å²) in [6.45, 7) is 2.79. The van der Waals surface area contributed by atoms with Crippen LogP contribution in [0.15, 0.2) is 65.6 Å². The largest absolute Gasteiger partial charge is 0.493 e. The Hall–Kier alpha value is -3.25. The van der Waals surface area contributed by atoms with E-state index in [2.05, 4.69) is 24.3 Å². The molecule has 3 aromatic carbocycles. The molecule has 1 heterocycles. The molecule has 0 saturated carbocycles. The SMILES string of the molecule is CCCN1C(=O)S/C(=C/c2ccc(OCc3cccc4ccccc34)c(OC)c2)C1=O. The van der Waals surface area contributed by atoms with E-state index in [-0.39, 0.29) is 11.1 Å². The van der Waals surface area contributed by atoms with E-state index in [1.807, 2.05) is 43.3 Å². The van der Waals surface area contributed by atoms with Gasteiger partial charge in [0.15, 0.2) is 11.5 Å². The second-order valence-corrected chi connectivity index (χ2v) is 8.16. The number of ether oxygens (including phenoxy) is 2. The van der Waals surface area contributed by atoms with Gasteiger partial charge in [0, 0.05) is 6.54 Å². The van der Waals surface area contributed by atoms with E-state index in [4.69, 9.17) is 9.47 Å². The molecule has 0 bridgehead atoms. The molecule has 0 N–H and O–H groups in total. The van der Waals surface area contributed by atoms with Crippen LogP contribution in [0.1, 0.15) is 24.5 Å². The lowest BCUT2D eigenvalue weighted by Gasteiger charge is -2.13. The molecule has 1 saturated heterocycles. The van der Waals surface area contributed by atoms with Gasteiger partial charge in [0.2, 0.25) is 0 Å². The molecule has 0 unspecified atom stereocenters. The number of hydrogen-bond acceptors (Lipinski definition) is 5. The van der Waals surface area contributed by atoms with Gasteiger partial charge in [0.05, 0.1) is 12.0 Å². The maximum atomic E-state index is 12.5. The topological polar surface area (TPSA) is 55.8 Å². The Bertz CT molecular complexity index is 1170. The molecule has 158 valence electrons. The zero-order valence-electron chi connectivity index (χ0n) is 17.5. The van der Waals surface area contributed by atoms with Crippen molar-refractivity contribution in [1.82, 2.24) is 4.90 Å². The van der Waals surface area contributed by atoms with Crippen LogP contribution in [0.3, 0.4) is 0 Å². The number of carbonyl (C=O) groups excluding carboxylic acids is 2. The minimum absolute atomic E-state index is 0.222. The summed E-state index contributed by atoms with van der Waals surface area (Å²) in [7, 11) is 1.58. The smallest absolute Gasteiger partial charge is 0.293 e. The summed E-state index contributed by atoms with van der Waals surface area (Å²) in [6, 6.07) is 19.8. The number of thioether (sulfide) groups is 1. The summed E-state index contributed by atoms with van der Waals surface area (Å²) in [4.78, 5) is 26.2. The monoisotopic (exact) mass is 433 g/mol. The Morgan fingerprint density at radius 3 is 2.61 bits per heavy atom. The van der Waals surface area contributed by atoms with Gasteiger partial charge < -0.3 is 9.47 Å². The summed E-state index contributed by atoms with van der Waals surface area (Å²) in [5.74, 6) is 0.945. The van der Waals surface area contributed by atoms with E-state index in [0.29, 0.717) is 29.6 Å². The first-order valence-corrected chi connectivity index (χ1v) is 10.9. The van der Waals surface area contributed by atoms with Gasteiger partial charge in [-0.05, 0) is 58.3 Å². The fourth-order valence-electron chi connectivity index (χ4n) is 3.53. The van der Waals surface area contributed by atoms with Crippen LogP contribution in [0.5, 0.6) is 11.5 Å². The Balaban J connectivity index is 1.53. The standard InChI is InChI=1S/C25H23NO4S/c1-3-13-26-24(27)23(31-25(26)28)15-17-11-12-21(22(14-17)29-2)30-16-19-9-6-8-18-7-4-5-10-20(18)19/h4-12,14-15H,3,13,16H2,1-2H3/b23-15+. The van der Waals surface area contributed by atoms with Gasteiger partial charge in [-0.15, -0.1) is 0 Å². The first-order chi connectivity index (χ1) is 15.1. The molecule has 6 heteroatoms. The molecule has 31 heavy (non-hydrogen) atoms. The van der Waals surface area contributed by atoms with Crippen molar-refractivity contribution >= 4 is 39.8 Å². The summed E-state index contributed by atoms with van der Waals surface area (Å²) in [5.41, 5.74) is 1.87. The van der Waals surface area contributed by atoms with Gasteiger partial charge in [0.1, 0.15) is 6.61 Å². The van der Waals surface area contributed by atoms with Crippen LogP contribution in [0.25, 0.3) is 16.8 Å². The highest BCUT2D eigenvalue weighted by atomic mass is 32.2. The molecule has 2 amide bonds. The first-order valence-electron chi connectivity index (χ1n) is 10.1. The van der Waals surface area contributed by atoms with Crippen LogP contribution in [0, 0.1) is 0 Å². The van der Waals surface area contributed by atoms with E-state index in [1.54, 1.807) is 13.2 Å². The molecule has 0 spiro atoms. The lowest BCUT2D eigenvalue weighted by atomic mass is 10.1. The average molecular weight is 434 g/mol. The number of fused-ring (bicyclic) bond motifs is 1. The number of methoxy groups -OCH3 is 1. The third-order valence-corrected chi connectivity index (χ3v) is 5.98. The third kappa shape index (κ3) is 4.44. The number of hydrogen-bond donors (Lipinski definition) is 0. The van der Waals surface area contributed by atoms with Gasteiger partial charge in [0.25, 0.3) is 11.1 Å². The number of benzene rings is 3. The molecule has 0 aromatic heterocycles. The first kappa shape index (κ1) is 21.0. The van der Waals surface area contributed by atoms with Gasteiger partial charge >= 0.3 is 0 Å². The highest BCUT2D eigenvalue weighted by Crippen LogP contribution is 2.35. The van der Waals surface area contributed by atoms with E-state index >= 15 is 0 Å². The Labute approximate surface area is 185 Å². The molecule has 0 atom stereocenters. The van der Waals surface area contributed by atoms with Gasteiger partial charge in [-0.2, -0.15) is 0 Å². The van der Waals surface area contributed by atoms with Crippen molar-refractivity contribution in [2.45, 2.75) is 20.0 Å². The summed E-state index contributed by atoms with van der Waals surface area (Å²) in [5, 5.41) is 2.10. The molecular formula is C25H23NO4S. The zero-order chi connectivity index (χ0) is 21.8. The molecule has 1 fully saturated rings. The Morgan fingerprint density at radius 1 is 1.00 bits per heavy atom. The normalized spacial score (nSPS) is 15.2. The van der Waals surface area contributed by atoms with Crippen molar-refractivity contribution in [2.24, 2.45) is 0 Å². The molecule has 1 aliphatic rings. The van der Waals surface area contributed by atoms with Crippen LogP contribution in [-0.4, -0.2) is 29.7 Å². The van der Waals surface area contributed by atoms with Crippen LogP contribution >= 0.6 is 11.8 Å². The minimum atomic E-state index is -0.243. The fraction of sp³-hybridized carbons (Fsp3) is 0.200. The van der Waals surface area contributed by atoms with Gasteiger partial charge in [-0.1, -0.05) is 55.5 Å². The van der Waals surface area contributed by atoms with E-state index < -0.39 is 0 Å². The Kier molecular flexibility index (Phi) is 6.28. The van der Waals surface area contributed by atoms with E-state index in [0.717, 1.165) is 34.7 Å². The van der Waals surface area contributed by atoms with E-state index in [1.165, 1.54) is 10.3 Å². The van der Waals surface area contributed by atoms with Crippen LogP contribution in [0.4, 0.5) is 4.79 Å². The van der Waals surface area contributed by atoms with Crippen molar-refractivity contribution < 1.29 is 19.1 Å². The molecular weight excluding hydrogens is 410 g/mol. The molecule has 5 nitrogen and oxygen atoms in total. The second kappa shape index (κ2) is 9.27. The maximum absolute atomic E-state index is 12.5. The fourth-order valence-corrected chi connectivity index (χ4v) is 4.40. The second-order valence-electron chi connectivity index (χ2n) is 7.17. The lowest BCUT2D eigenvalue weighted by molar-refractivity contribution is -0.122. The highest BCUT2D eigenvalue weighted by Gasteiger charge is 2.34. The van der Waals surface area contributed by atoms with Crippen molar-refractivity contribution in [2.75, 3.05) is 13.7 Å². The van der Waals surface area contributed by atoms with E-state index in [9.17, 15) is 9.59 Å². The zero-order valence-corrected chi connectivity index (χ0v) is 18.3. The summed E-state index contributed by atoms with van der Waals surface area (Å²) in [6.07, 6.45) is 2.46. The number of nitrogens with zero attached hydrogens (tertiary/aromatic N) is 1. The number of imide groups is 1. The highest BCUT2D eigenvalue weighted by molar-refractivity contribution is 8.18. The van der Waals surface area contributed by atoms with Crippen molar-refractivity contribution in [3.8, 4) is 11.5 Å². The quantitative estimate of drug-likeness (QED) is 0.436. The molecule has 4 rings (SSSR count). The van der Waals surface area contributed by atoms with Crippen LogP contribution < -0.4 is 9.47 Å². The van der Waals surface area contributed by atoms with Crippen molar-refractivity contribution in [3.63, 3.8) is 0 Å². The number of carbonyl (C=O) groups is 2. The molecule has 0 radical (unpaired) electrons. The predicted octanol–water partition coefficient (Wildman–Crippen LogP) is 5.87. The van der Waals surface area contributed by atoms with Crippen molar-refractivity contribution in [3.05, 3.63) is 76.7 Å². The third-order valence-electron chi connectivity index (χ3n) is 5.07. The Morgan fingerprint density at radius 2 is 1.81 bits per heavy atom. The minimum Gasteiger partial charge on any atom is -0.493 e. The maximum Gasteiger partial charge on any atom is 0.293 e. The lowest BCUT2D eigenvalue weighted by Crippen LogP contribution is -2.28. The number of rotatable bonds is 7. The predicted molar refractivity (Wildman–Crippen MR) is 124 cm³/mol. The number of amides is 2. The van der Waals surface area contributed by atoms with Gasteiger partial charge in [-0.3, -0.25) is 14.5 Å². The summed E-state index contributed by atoms with van der Waals surface area (Å²) < 4.78 is 11.6. The molecule has 1 aliphatic heterocycles. The molecule has 0 aliphatic carbocycles. The van der Waals surface area contributed by atoms with Crippen LogP contribution in [0.2, 0.25) is 0 Å². The van der Waals surface area contributed by atoms with Crippen molar-refractivity contribution in [1.29, 1.82) is 0 Å². The summed E-state index contributed by atoms with van der Waals surface area (Å²) >= 11 is 0.969. The van der Waals surface area contributed by atoms with Gasteiger partial charge in [-0.25, -0.2) is 0 Å². The molecule has 3 aromatic rings.